The van der Waals surface area contributed by atoms with Crippen molar-refractivity contribution >= 4 is 24.7 Å². The Labute approximate surface area is 303 Å². The van der Waals surface area contributed by atoms with E-state index in [1.807, 2.05) is 81.4 Å². The minimum Gasteiger partial charge on any atom is -0.534 e. The normalized spacial score (nSPS) is 13.6. The first-order chi connectivity index (χ1) is 24.8. The summed E-state index contributed by atoms with van der Waals surface area (Å²) in [5.41, 5.74) is -4.04. The first kappa shape index (κ1) is 39.0. The molecule has 5 aromatic rings. The van der Waals surface area contributed by atoms with Gasteiger partial charge >= 0.3 is 26.7 Å². The molecular formula is C40H36F8N2O2Si. The average Bonchev–Trinajstić information content (AvgIpc) is 3.09. The fourth-order valence-corrected chi connectivity index (χ4v) is 11.0. The summed E-state index contributed by atoms with van der Waals surface area (Å²) < 4.78 is 120. The van der Waals surface area contributed by atoms with Gasteiger partial charge in [-0.1, -0.05) is 118 Å². The van der Waals surface area contributed by atoms with Gasteiger partial charge in [0.15, 0.2) is 0 Å². The molecule has 1 unspecified atom stereocenters. The highest BCUT2D eigenvalue weighted by Crippen LogP contribution is 2.42. The number of alkyl halides is 6. The van der Waals surface area contributed by atoms with Crippen LogP contribution in [0.5, 0.6) is 5.75 Å². The van der Waals surface area contributed by atoms with E-state index in [1.165, 1.54) is 6.07 Å². The van der Waals surface area contributed by atoms with E-state index in [-0.39, 0.29) is 16.9 Å². The van der Waals surface area contributed by atoms with Crippen LogP contribution in [0.4, 0.5) is 39.9 Å². The number of nitrogens with one attached hydrogen (secondary N) is 2. The van der Waals surface area contributed by atoms with Gasteiger partial charge in [0.05, 0.1) is 11.1 Å². The third-order valence-corrected chi connectivity index (χ3v) is 13.9. The maximum absolute atomic E-state index is 16.1. The Morgan fingerprint density at radius 1 is 0.679 bits per heavy atom. The standard InChI is InChI=1S/C40H36F8N2O2Si/c1-37(2,3)53(32-15-9-5-10-16-32,33-17-11-6-12-18-33)52-31-22-29(21-30(41)24-31)38(25-27-13-7-4-8-14-27,50-36(51)49-26-39(43,44)45)28-19-20-35(42)34(23-28)40(46,47)48/h4-24H,25-26H2,1-3H3,(H2,49,50,51). The summed E-state index contributed by atoms with van der Waals surface area (Å²) in [4.78, 5) is 13.4. The van der Waals surface area contributed by atoms with Crippen LogP contribution in [0.1, 0.15) is 43.0 Å². The van der Waals surface area contributed by atoms with Crippen LogP contribution in [-0.4, -0.2) is 27.1 Å². The molecule has 5 aromatic carbocycles. The highest BCUT2D eigenvalue weighted by atomic mass is 28.4. The summed E-state index contributed by atoms with van der Waals surface area (Å²) in [6, 6.07) is 30.6. The third-order valence-electron chi connectivity index (χ3n) is 8.90. The second-order valence-electron chi connectivity index (χ2n) is 13.6. The molecule has 0 aliphatic rings. The van der Waals surface area contributed by atoms with Crippen LogP contribution in [0.25, 0.3) is 0 Å². The molecule has 0 aromatic heterocycles. The number of halogens is 8. The van der Waals surface area contributed by atoms with E-state index in [4.69, 9.17) is 4.43 Å². The lowest BCUT2D eigenvalue weighted by Crippen LogP contribution is -2.68. The zero-order valence-corrected chi connectivity index (χ0v) is 29.9. The summed E-state index contributed by atoms with van der Waals surface area (Å²) in [5.74, 6) is -2.59. The number of hydrogen-bond acceptors (Lipinski definition) is 2. The zero-order valence-electron chi connectivity index (χ0n) is 28.9. The number of benzene rings is 5. The van der Waals surface area contributed by atoms with Gasteiger partial charge in [0, 0.05) is 12.5 Å². The molecular weight excluding hydrogens is 721 g/mol. The minimum absolute atomic E-state index is 0.0533. The molecule has 1 atom stereocenters. The largest absolute Gasteiger partial charge is 0.534 e. The molecule has 2 N–H and O–H groups in total. The molecule has 0 saturated heterocycles. The Balaban J connectivity index is 1.81. The number of urea groups is 1. The Morgan fingerprint density at radius 3 is 1.74 bits per heavy atom. The van der Waals surface area contributed by atoms with Crippen molar-refractivity contribution in [3.8, 4) is 5.75 Å². The van der Waals surface area contributed by atoms with Gasteiger partial charge in [-0.3, -0.25) is 0 Å². The van der Waals surface area contributed by atoms with E-state index < -0.39 is 67.4 Å². The summed E-state index contributed by atoms with van der Waals surface area (Å²) in [6.45, 7) is 4.15. The molecule has 0 aliphatic heterocycles. The topological polar surface area (TPSA) is 50.4 Å². The molecule has 0 radical (unpaired) electrons. The minimum atomic E-state index is -5.20. The van der Waals surface area contributed by atoms with Gasteiger partial charge in [0.1, 0.15) is 23.9 Å². The number of hydrogen-bond donors (Lipinski definition) is 2. The molecule has 0 bridgehead atoms. The van der Waals surface area contributed by atoms with Crippen molar-refractivity contribution < 1.29 is 44.3 Å². The van der Waals surface area contributed by atoms with Crippen LogP contribution < -0.4 is 25.4 Å². The van der Waals surface area contributed by atoms with Crippen molar-refractivity contribution in [3.63, 3.8) is 0 Å². The Kier molecular flexibility index (Phi) is 11.1. The third kappa shape index (κ3) is 8.73. The summed E-state index contributed by atoms with van der Waals surface area (Å²) in [6.07, 6.45) is -10.4. The van der Waals surface area contributed by atoms with Crippen LogP contribution in [0.2, 0.25) is 5.04 Å². The Morgan fingerprint density at radius 2 is 1.23 bits per heavy atom. The molecule has 0 aliphatic carbocycles. The molecule has 53 heavy (non-hydrogen) atoms. The maximum atomic E-state index is 16.1. The monoisotopic (exact) mass is 756 g/mol. The van der Waals surface area contributed by atoms with Gasteiger partial charge in [0.25, 0.3) is 0 Å². The lowest BCUT2D eigenvalue weighted by atomic mass is 9.77. The number of carbonyl (C=O) groups is 1. The predicted octanol–water partition coefficient (Wildman–Crippen LogP) is 9.27. The van der Waals surface area contributed by atoms with Crippen molar-refractivity contribution in [2.75, 3.05) is 6.54 Å². The maximum Gasteiger partial charge on any atom is 0.419 e. The van der Waals surface area contributed by atoms with Gasteiger partial charge < -0.3 is 15.1 Å². The molecule has 5 rings (SSSR count). The second-order valence-corrected chi connectivity index (χ2v) is 17.8. The Hall–Kier alpha value is -5.17. The van der Waals surface area contributed by atoms with Crippen molar-refractivity contribution in [2.24, 2.45) is 0 Å². The van der Waals surface area contributed by atoms with Gasteiger partial charge in [-0.2, -0.15) is 26.3 Å². The smallest absolute Gasteiger partial charge is 0.419 e. The van der Waals surface area contributed by atoms with Crippen LogP contribution in [0.15, 0.2) is 127 Å². The van der Waals surface area contributed by atoms with E-state index in [0.717, 1.165) is 28.6 Å². The SMILES string of the molecule is CC(C)(C)[Si](Oc1cc(F)cc(C(Cc2ccccc2)(NC(=O)NCC(F)(F)F)c2ccc(F)c(C(F)(F)F)c2)c1)(c1ccccc1)c1ccccc1. The van der Waals surface area contributed by atoms with E-state index >= 15 is 4.39 Å². The number of rotatable bonds is 10. The summed E-state index contributed by atoms with van der Waals surface area (Å²) in [5, 5.41) is 5.16. The van der Waals surface area contributed by atoms with E-state index in [9.17, 15) is 35.5 Å². The summed E-state index contributed by atoms with van der Waals surface area (Å²) >= 11 is 0. The van der Waals surface area contributed by atoms with Crippen LogP contribution in [0.3, 0.4) is 0 Å². The molecule has 0 heterocycles. The van der Waals surface area contributed by atoms with E-state index in [1.54, 1.807) is 35.6 Å². The zero-order chi connectivity index (χ0) is 38.7. The van der Waals surface area contributed by atoms with Gasteiger partial charge in [0.2, 0.25) is 0 Å². The quantitative estimate of drug-likeness (QED) is 0.110. The lowest BCUT2D eigenvalue weighted by Gasteiger charge is -2.43. The average molecular weight is 757 g/mol. The van der Waals surface area contributed by atoms with E-state index in [2.05, 4.69) is 5.32 Å². The highest BCUT2D eigenvalue weighted by Gasteiger charge is 2.52. The second kappa shape index (κ2) is 15.1. The lowest BCUT2D eigenvalue weighted by molar-refractivity contribution is -0.140. The van der Waals surface area contributed by atoms with Crippen molar-refractivity contribution in [1.29, 1.82) is 0 Å². The predicted molar refractivity (Wildman–Crippen MR) is 190 cm³/mol. The summed E-state index contributed by atoms with van der Waals surface area (Å²) in [7, 11) is -3.45. The van der Waals surface area contributed by atoms with Gasteiger partial charge in [-0.15, -0.1) is 0 Å². The van der Waals surface area contributed by atoms with Crippen LogP contribution in [0, 0.1) is 11.6 Å². The number of carbonyl (C=O) groups excluding carboxylic acids is 1. The van der Waals surface area contributed by atoms with Crippen LogP contribution >= 0.6 is 0 Å². The molecule has 278 valence electrons. The first-order valence-corrected chi connectivity index (χ1v) is 18.4. The molecule has 0 spiro atoms. The molecule has 2 amide bonds. The molecule has 0 fully saturated rings. The van der Waals surface area contributed by atoms with Crippen LogP contribution in [-0.2, 0) is 18.1 Å². The van der Waals surface area contributed by atoms with Gasteiger partial charge in [-0.05, 0) is 56.4 Å². The van der Waals surface area contributed by atoms with Gasteiger partial charge in [-0.25, -0.2) is 13.6 Å². The Bertz CT molecular complexity index is 1980. The number of amides is 2. The van der Waals surface area contributed by atoms with Crippen molar-refractivity contribution in [3.05, 3.63) is 161 Å². The first-order valence-electron chi connectivity index (χ1n) is 16.5. The van der Waals surface area contributed by atoms with Crippen molar-refractivity contribution in [1.82, 2.24) is 10.6 Å². The molecule has 0 saturated carbocycles. The fourth-order valence-electron chi connectivity index (χ4n) is 6.58. The highest BCUT2D eigenvalue weighted by molar-refractivity contribution is 7.00. The fraction of sp³-hybridized carbons (Fsp3) is 0.225. The van der Waals surface area contributed by atoms with E-state index in [0.29, 0.717) is 17.7 Å². The van der Waals surface area contributed by atoms with Crippen molar-refractivity contribution in [2.45, 2.75) is 50.1 Å². The molecule has 4 nitrogen and oxygen atoms in total. The molecule has 13 heteroatoms.